The lowest BCUT2D eigenvalue weighted by Gasteiger charge is -2.49. The van der Waals surface area contributed by atoms with Crippen LogP contribution in [0.5, 0.6) is 0 Å². The number of rotatable bonds is 7. The summed E-state index contributed by atoms with van der Waals surface area (Å²) in [4.78, 5) is 17.5. The van der Waals surface area contributed by atoms with E-state index >= 15 is 0 Å². The second-order valence-corrected chi connectivity index (χ2v) is 14.4. The maximum atomic E-state index is 5.05. The van der Waals surface area contributed by atoms with E-state index in [1.54, 1.807) is 0 Å². The Morgan fingerprint density at radius 3 is 1.62 bits per heavy atom. The molecule has 0 radical (unpaired) electrons. The van der Waals surface area contributed by atoms with E-state index in [0.29, 0.717) is 17.5 Å². The van der Waals surface area contributed by atoms with Crippen molar-refractivity contribution in [2.75, 3.05) is 4.90 Å². The Morgan fingerprint density at radius 1 is 0.429 bits per heavy atom. The number of anilines is 3. The second kappa shape index (κ2) is 14.2. The molecule has 2 heterocycles. The van der Waals surface area contributed by atoms with Crippen molar-refractivity contribution in [3.63, 3.8) is 0 Å². The van der Waals surface area contributed by atoms with Gasteiger partial charge in [-0.1, -0.05) is 176 Å². The predicted octanol–water partition coefficient (Wildman–Crippen LogP) is 12.8. The molecule has 0 fully saturated rings. The molecule has 56 heavy (non-hydrogen) atoms. The Labute approximate surface area is 327 Å². The van der Waals surface area contributed by atoms with Crippen molar-refractivity contribution < 1.29 is 0 Å². The van der Waals surface area contributed by atoms with Crippen molar-refractivity contribution in [3.05, 3.63) is 229 Å². The van der Waals surface area contributed by atoms with E-state index in [0.717, 1.165) is 39.9 Å². The van der Waals surface area contributed by atoms with E-state index in [2.05, 4.69) is 157 Å². The van der Waals surface area contributed by atoms with Gasteiger partial charge in [0.25, 0.3) is 0 Å². The summed E-state index contributed by atoms with van der Waals surface area (Å²) in [5.74, 6) is 2.12. The summed E-state index contributed by atoms with van der Waals surface area (Å²) < 4.78 is 0. The Bertz CT molecular complexity index is 2670. The lowest BCUT2D eigenvalue weighted by atomic mass is 9.58. The average molecular weight is 719 g/mol. The number of para-hydroxylation sites is 2. The molecule has 10 rings (SSSR count). The molecule has 0 saturated carbocycles. The summed E-state index contributed by atoms with van der Waals surface area (Å²) >= 11 is 0. The molecule has 2 unspecified atom stereocenters. The maximum Gasteiger partial charge on any atom is 0.164 e. The fourth-order valence-electron chi connectivity index (χ4n) is 8.66. The van der Waals surface area contributed by atoms with Crippen molar-refractivity contribution in [1.82, 2.24) is 15.0 Å². The largest absolute Gasteiger partial charge is 0.310 e. The van der Waals surface area contributed by atoms with Crippen LogP contribution >= 0.6 is 0 Å². The lowest BCUT2D eigenvalue weighted by Crippen LogP contribution is -2.42. The van der Waals surface area contributed by atoms with Gasteiger partial charge in [0.15, 0.2) is 17.5 Å². The Balaban J connectivity index is 1.19. The van der Waals surface area contributed by atoms with E-state index in [1.807, 2.05) is 60.7 Å². The molecule has 0 amide bonds. The third-order valence-corrected chi connectivity index (χ3v) is 11.2. The van der Waals surface area contributed by atoms with Crippen molar-refractivity contribution in [2.45, 2.75) is 11.8 Å². The summed E-state index contributed by atoms with van der Waals surface area (Å²) in [5.41, 5.74) is 12.0. The topological polar surface area (TPSA) is 41.9 Å². The van der Waals surface area contributed by atoms with Crippen molar-refractivity contribution in [3.8, 4) is 45.3 Å². The first kappa shape index (κ1) is 33.4. The number of nitrogens with zero attached hydrogens (tertiary/aromatic N) is 4. The molecule has 0 N–H and O–H groups in total. The molecule has 1 aromatic heterocycles. The third-order valence-electron chi connectivity index (χ3n) is 11.2. The van der Waals surface area contributed by atoms with Crippen molar-refractivity contribution in [1.29, 1.82) is 0 Å². The number of aromatic nitrogens is 3. The standard InChI is InChI=1S/C52H38N4/c1-6-19-37(20-7-1)49-53-50(38-21-8-2-9-22-38)55-51(54-49)41-24-18-23-39(35-41)40-33-34-48-46(36-40)52(42-25-10-3-11-26-42,43-27-12-4-13-28-43)45-31-16-17-32-47(45)56(48)44-29-14-5-15-30-44/h1-27,29-36,43H,28H2. The summed E-state index contributed by atoms with van der Waals surface area (Å²) in [6, 6.07) is 66.8. The van der Waals surface area contributed by atoms with E-state index < -0.39 is 5.41 Å². The smallest absolute Gasteiger partial charge is 0.164 e. The minimum absolute atomic E-state index is 0.187. The Kier molecular flexibility index (Phi) is 8.49. The van der Waals surface area contributed by atoms with Gasteiger partial charge < -0.3 is 4.90 Å². The van der Waals surface area contributed by atoms with Crippen LogP contribution < -0.4 is 4.90 Å². The van der Waals surface area contributed by atoms with E-state index in [1.165, 1.54) is 28.1 Å². The van der Waals surface area contributed by atoms with E-state index in [4.69, 9.17) is 15.0 Å². The molecule has 0 saturated heterocycles. The summed E-state index contributed by atoms with van der Waals surface area (Å²) in [6.07, 6.45) is 10.1. The quantitative estimate of drug-likeness (QED) is 0.165. The first-order chi connectivity index (χ1) is 27.8. The zero-order valence-electron chi connectivity index (χ0n) is 30.8. The second-order valence-electron chi connectivity index (χ2n) is 14.4. The minimum atomic E-state index is -0.462. The van der Waals surface area contributed by atoms with Crippen LogP contribution in [0.3, 0.4) is 0 Å². The van der Waals surface area contributed by atoms with Gasteiger partial charge in [0.1, 0.15) is 0 Å². The van der Waals surface area contributed by atoms with Gasteiger partial charge in [-0.25, -0.2) is 15.0 Å². The zero-order valence-corrected chi connectivity index (χ0v) is 30.8. The number of hydrogen-bond acceptors (Lipinski definition) is 4. The molecule has 4 nitrogen and oxygen atoms in total. The average Bonchev–Trinajstić information content (AvgIpc) is 3.29. The van der Waals surface area contributed by atoms with Crippen LogP contribution in [-0.2, 0) is 5.41 Å². The molecule has 2 atom stereocenters. The molecule has 2 aliphatic rings. The number of benzene rings is 7. The van der Waals surface area contributed by atoms with Crippen LogP contribution in [0.15, 0.2) is 212 Å². The summed E-state index contributed by atoms with van der Waals surface area (Å²) in [5, 5.41) is 0. The van der Waals surface area contributed by atoms with Gasteiger partial charge in [-0.3, -0.25) is 0 Å². The highest BCUT2D eigenvalue weighted by Crippen LogP contribution is 2.59. The monoisotopic (exact) mass is 718 g/mol. The zero-order chi connectivity index (χ0) is 37.3. The lowest BCUT2D eigenvalue weighted by molar-refractivity contribution is 0.445. The fraction of sp³-hybridized carbons (Fsp3) is 0.0577. The molecular weight excluding hydrogens is 681 g/mol. The number of allylic oxidation sites excluding steroid dienone is 4. The molecule has 4 heteroatoms. The molecule has 8 aromatic rings. The Hall–Kier alpha value is -7.17. The summed E-state index contributed by atoms with van der Waals surface area (Å²) in [7, 11) is 0. The van der Waals surface area contributed by atoms with Gasteiger partial charge >= 0.3 is 0 Å². The summed E-state index contributed by atoms with van der Waals surface area (Å²) in [6.45, 7) is 0. The van der Waals surface area contributed by atoms with Gasteiger partial charge in [-0.15, -0.1) is 0 Å². The molecular formula is C52H38N4. The number of hydrogen-bond donors (Lipinski definition) is 0. The molecule has 1 aliphatic carbocycles. The fourth-order valence-corrected chi connectivity index (χ4v) is 8.66. The first-order valence-electron chi connectivity index (χ1n) is 19.2. The highest BCUT2D eigenvalue weighted by molar-refractivity contribution is 5.90. The van der Waals surface area contributed by atoms with Crippen LogP contribution in [0, 0.1) is 5.92 Å². The molecule has 7 aromatic carbocycles. The van der Waals surface area contributed by atoms with Crippen LogP contribution in [0.1, 0.15) is 23.1 Å². The highest BCUT2D eigenvalue weighted by Gasteiger charge is 2.49. The van der Waals surface area contributed by atoms with Crippen LogP contribution in [0.25, 0.3) is 45.3 Å². The van der Waals surface area contributed by atoms with E-state index in [-0.39, 0.29) is 5.92 Å². The van der Waals surface area contributed by atoms with Gasteiger partial charge in [0.05, 0.1) is 16.8 Å². The first-order valence-corrected chi connectivity index (χ1v) is 19.2. The SMILES string of the molecule is C1=CCC(C2(c3ccccc3)c3ccccc3N(c3ccccc3)c3ccc(-c4cccc(-c5nc(-c6ccccc6)nc(-c6ccccc6)n5)c4)cc32)C=C1. The third kappa shape index (κ3) is 5.75. The van der Waals surface area contributed by atoms with Crippen molar-refractivity contribution >= 4 is 17.1 Å². The van der Waals surface area contributed by atoms with Crippen LogP contribution in [-0.4, -0.2) is 15.0 Å². The van der Waals surface area contributed by atoms with E-state index in [9.17, 15) is 0 Å². The van der Waals surface area contributed by atoms with Crippen LogP contribution in [0.4, 0.5) is 17.1 Å². The molecule has 0 bridgehead atoms. The highest BCUT2D eigenvalue weighted by atomic mass is 15.2. The normalized spacial score (nSPS) is 16.9. The predicted molar refractivity (Wildman–Crippen MR) is 229 cm³/mol. The van der Waals surface area contributed by atoms with Crippen molar-refractivity contribution in [2.24, 2.45) is 5.92 Å². The Morgan fingerprint density at radius 2 is 0.964 bits per heavy atom. The van der Waals surface area contributed by atoms with Gasteiger partial charge in [-0.05, 0) is 76.6 Å². The van der Waals surface area contributed by atoms with Gasteiger partial charge in [0, 0.05) is 22.4 Å². The maximum absolute atomic E-state index is 5.05. The van der Waals surface area contributed by atoms with Crippen LogP contribution in [0.2, 0.25) is 0 Å². The van der Waals surface area contributed by atoms with Gasteiger partial charge in [0.2, 0.25) is 0 Å². The number of fused-ring (bicyclic) bond motifs is 2. The molecule has 1 aliphatic heterocycles. The molecule has 266 valence electrons. The minimum Gasteiger partial charge on any atom is -0.310 e. The van der Waals surface area contributed by atoms with Gasteiger partial charge in [-0.2, -0.15) is 0 Å². The molecule has 0 spiro atoms.